The van der Waals surface area contributed by atoms with E-state index in [1.807, 2.05) is 123 Å². The summed E-state index contributed by atoms with van der Waals surface area (Å²) in [5.74, 6) is 0.945. The number of piperazine rings is 1. The van der Waals surface area contributed by atoms with Crippen molar-refractivity contribution in [2.45, 2.75) is 39.8 Å². The molecule has 14 heteroatoms. The molecule has 0 saturated carbocycles. The van der Waals surface area contributed by atoms with Gasteiger partial charge in [-0.1, -0.05) is 82.2 Å². The molecule has 1 aliphatic rings. The summed E-state index contributed by atoms with van der Waals surface area (Å²) in [7, 11) is 0. The first-order valence-corrected chi connectivity index (χ1v) is 17.8. The molecule has 8 aromatic rings. The van der Waals surface area contributed by atoms with Gasteiger partial charge in [-0.05, 0) is 76.2 Å². The summed E-state index contributed by atoms with van der Waals surface area (Å²) in [5, 5.41) is 17.3. The maximum atomic E-state index is 14.4. The number of nitrogens with zero attached hydrogens (tertiary/aromatic N) is 12. The second-order valence-electron chi connectivity index (χ2n) is 13.8. The molecule has 0 spiro atoms. The van der Waals surface area contributed by atoms with E-state index >= 15 is 0 Å². The first-order valence-electron chi connectivity index (χ1n) is 17.8. The lowest BCUT2D eigenvalue weighted by Gasteiger charge is -2.46. The molecule has 1 fully saturated rings. The van der Waals surface area contributed by atoms with Crippen LogP contribution < -0.4 is 20.9 Å². The lowest BCUT2D eigenvalue weighted by Crippen LogP contribution is -2.59. The summed E-state index contributed by atoms with van der Waals surface area (Å²) in [5.41, 5.74) is 5.44. The number of hydrogen-bond donors (Lipinski definition) is 0. The van der Waals surface area contributed by atoms with Gasteiger partial charge in [0.25, 0.3) is 11.1 Å². The van der Waals surface area contributed by atoms with Gasteiger partial charge < -0.3 is 9.80 Å². The number of aromatic nitrogens is 10. The van der Waals surface area contributed by atoms with Gasteiger partial charge in [0, 0.05) is 25.2 Å². The number of aryl methyl sites for hydroxylation is 2. The minimum absolute atomic E-state index is 0.172. The average Bonchev–Trinajstić information content (AvgIpc) is 3.82. The average molecular weight is 717 g/mol. The Hall–Kier alpha value is -6.96. The number of fused-ring (bicyclic) bond motifs is 2. The Balaban J connectivity index is 1.19. The van der Waals surface area contributed by atoms with Crippen LogP contribution in [0.5, 0.6) is 0 Å². The number of para-hydroxylation sites is 2. The Morgan fingerprint density at radius 1 is 0.519 bits per heavy atom. The van der Waals surface area contributed by atoms with Crippen molar-refractivity contribution in [1.82, 2.24) is 49.1 Å². The highest BCUT2D eigenvalue weighted by atomic mass is 16.1. The van der Waals surface area contributed by atoms with Gasteiger partial charge in [0.2, 0.25) is 11.9 Å². The molecule has 2 atom stereocenters. The molecule has 1 aliphatic heterocycles. The van der Waals surface area contributed by atoms with Crippen LogP contribution >= 0.6 is 0 Å². The molecule has 9 rings (SSSR count). The normalized spacial score (nSPS) is 16.1. The van der Waals surface area contributed by atoms with Crippen molar-refractivity contribution in [1.29, 1.82) is 0 Å². The van der Waals surface area contributed by atoms with Gasteiger partial charge in [0.05, 0.1) is 22.7 Å². The van der Waals surface area contributed by atoms with Gasteiger partial charge in [-0.25, -0.2) is 9.13 Å². The molecule has 1 saturated heterocycles. The van der Waals surface area contributed by atoms with Crippen LogP contribution in [0, 0.1) is 13.8 Å². The maximum Gasteiger partial charge on any atom is 0.289 e. The largest absolute Gasteiger partial charge is 0.338 e. The minimum Gasteiger partial charge on any atom is -0.338 e. The van der Waals surface area contributed by atoms with E-state index in [0.29, 0.717) is 47.7 Å². The molecule has 0 N–H and O–H groups in total. The molecule has 0 bridgehead atoms. The fourth-order valence-corrected chi connectivity index (χ4v) is 7.32. The van der Waals surface area contributed by atoms with Gasteiger partial charge in [-0.15, -0.1) is 10.2 Å². The molecular formula is C40H36N12O2. The van der Waals surface area contributed by atoms with Gasteiger partial charge in [0.15, 0.2) is 22.3 Å². The SMILES string of the molecule is Cc1ccc(-n2c(N3CC(C)N(c4nc5c(nnn5-c5ccccc5)c(=O)n4-c4ccc(C)cc4)C(C)C3)nc3c(nnn3-c3ccccc3)c2=O)cc1. The quantitative estimate of drug-likeness (QED) is 0.232. The summed E-state index contributed by atoms with van der Waals surface area (Å²) >= 11 is 0. The van der Waals surface area contributed by atoms with Crippen LogP contribution in [0.2, 0.25) is 0 Å². The Bertz CT molecular complexity index is 2760. The Kier molecular flexibility index (Phi) is 7.87. The molecule has 4 aromatic heterocycles. The Morgan fingerprint density at radius 2 is 0.926 bits per heavy atom. The van der Waals surface area contributed by atoms with Crippen LogP contribution in [0.4, 0.5) is 11.9 Å². The smallest absolute Gasteiger partial charge is 0.289 e. The Labute approximate surface area is 309 Å². The van der Waals surface area contributed by atoms with Gasteiger partial charge in [-0.2, -0.15) is 19.3 Å². The van der Waals surface area contributed by atoms with Crippen LogP contribution in [0.25, 0.3) is 45.1 Å². The topological polar surface area (TPSA) is 138 Å². The fourth-order valence-electron chi connectivity index (χ4n) is 7.32. The van der Waals surface area contributed by atoms with Crippen molar-refractivity contribution < 1.29 is 0 Å². The summed E-state index contributed by atoms with van der Waals surface area (Å²) in [6.07, 6.45) is 0. The van der Waals surface area contributed by atoms with Crippen molar-refractivity contribution in [3.8, 4) is 22.7 Å². The van der Waals surface area contributed by atoms with Gasteiger partial charge >= 0.3 is 0 Å². The van der Waals surface area contributed by atoms with E-state index in [1.165, 1.54) is 0 Å². The highest BCUT2D eigenvalue weighted by Crippen LogP contribution is 2.30. The fraction of sp³-hybridized carbons (Fsp3) is 0.200. The number of hydrogen-bond acceptors (Lipinski definition) is 10. The van der Waals surface area contributed by atoms with Gasteiger partial charge in [0.1, 0.15) is 0 Å². The molecule has 0 radical (unpaired) electrons. The van der Waals surface area contributed by atoms with E-state index in [1.54, 1.807) is 18.5 Å². The van der Waals surface area contributed by atoms with Gasteiger partial charge in [-0.3, -0.25) is 9.59 Å². The summed E-state index contributed by atoms with van der Waals surface area (Å²) in [6.45, 7) is 9.11. The number of benzene rings is 4. The lowest BCUT2D eigenvalue weighted by molar-refractivity contribution is 0.455. The molecule has 14 nitrogen and oxygen atoms in total. The van der Waals surface area contributed by atoms with E-state index in [2.05, 4.69) is 44.3 Å². The molecule has 2 unspecified atom stereocenters. The standard InChI is InChI=1S/C40H36N12O2/c1-25-15-19-29(20-16-25)49-37(53)33-35(51(45-43-33)31-11-7-5-8-12-31)41-39(49)47-23-27(3)48(28(4)24-47)40-42-36-34(44-46-52(36)32-13-9-6-10-14-32)38(54)50(40)30-21-17-26(2)18-22-30/h5-22,27-28H,23-24H2,1-4H3. The van der Waals surface area contributed by atoms with E-state index < -0.39 is 0 Å². The first kappa shape index (κ1) is 32.9. The third-order valence-electron chi connectivity index (χ3n) is 9.93. The third-order valence-corrected chi connectivity index (χ3v) is 9.93. The van der Waals surface area contributed by atoms with E-state index in [-0.39, 0.29) is 34.2 Å². The molecular weight excluding hydrogens is 681 g/mol. The van der Waals surface area contributed by atoms with E-state index in [4.69, 9.17) is 9.97 Å². The van der Waals surface area contributed by atoms with Crippen molar-refractivity contribution in [2.24, 2.45) is 0 Å². The predicted octanol–water partition coefficient (Wildman–Crippen LogP) is 4.97. The van der Waals surface area contributed by atoms with Crippen molar-refractivity contribution in [2.75, 3.05) is 22.9 Å². The van der Waals surface area contributed by atoms with Crippen LogP contribution in [0.15, 0.2) is 119 Å². The molecule has 0 amide bonds. The number of anilines is 2. The summed E-state index contributed by atoms with van der Waals surface area (Å²) in [4.78, 5) is 43.4. The number of rotatable bonds is 6. The third kappa shape index (κ3) is 5.41. The highest BCUT2D eigenvalue weighted by molar-refractivity contribution is 5.75. The van der Waals surface area contributed by atoms with Crippen LogP contribution in [-0.2, 0) is 0 Å². The summed E-state index contributed by atoms with van der Waals surface area (Å²) in [6, 6.07) is 34.3. The van der Waals surface area contributed by atoms with Crippen LogP contribution in [0.1, 0.15) is 25.0 Å². The zero-order chi connectivity index (χ0) is 37.1. The molecule has 0 aliphatic carbocycles. The monoisotopic (exact) mass is 716 g/mol. The lowest BCUT2D eigenvalue weighted by atomic mass is 10.1. The molecule has 268 valence electrons. The second-order valence-corrected chi connectivity index (χ2v) is 13.8. The highest BCUT2D eigenvalue weighted by Gasteiger charge is 2.36. The zero-order valence-electron chi connectivity index (χ0n) is 30.1. The van der Waals surface area contributed by atoms with E-state index in [0.717, 1.165) is 22.5 Å². The van der Waals surface area contributed by atoms with Crippen molar-refractivity contribution >= 4 is 34.2 Å². The molecule has 4 aromatic carbocycles. The predicted molar refractivity (Wildman–Crippen MR) is 208 cm³/mol. The van der Waals surface area contributed by atoms with Crippen molar-refractivity contribution in [3.63, 3.8) is 0 Å². The first-order chi connectivity index (χ1) is 26.3. The van der Waals surface area contributed by atoms with Crippen LogP contribution in [0.3, 0.4) is 0 Å². The second kappa shape index (κ2) is 12.9. The summed E-state index contributed by atoms with van der Waals surface area (Å²) < 4.78 is 6.46. The Morgan fingerprint density at radius 3 is 1.37 bits per heavy atom. The van der Waals surface area contributed by atoms with Crippen molar-refractivity contribution in [3.05, 3.63) is 141 Å². The van der Waals surface area contributed by atoms with Crippen LogP contribution in [-0.4, -0.2) is 74.3 Å². The van der Waals surface area contributed by atoms with E-state index in [9.17, 15) is 9.59 Å². The minimum atomic E-state index is -0.315. The zero-order valence-corrected chi connectivity index (χ0v) is 30.1. The molecule has 54 heavy (non-hydrogen) atoms. The molecule has 5 heterocycles. The maximum absolute atomic E-state index is 14.4.